The Kier molecular flexibility index (Phi) is 1.85. The maximum absolute atomic E-state index is 11.3. The molecule has 0 N–H and O–H groups in total. The van der Waals surface area contributed by atoms with Gasteiger partial charge in [-0.2, -0.15) is 0 Å². The zero-order valence-corrected chi connectivity index (χ0v) is 7.76. The molecule has 66 valence electrons. The highest BCUT2D eigenvalue weighted by Gasteiger charge is 2.06. The molecule has 2 aromatic rings. The van der Waals surface area contributed by atoms with Gasteiger partial charge in [-0.15, -0.1) is 0 Å². The molecule has 2 rings (SSSR count). The number of aryl methyl sites for hydroxylation is 1. The van der Waals surface area contributed by atoms with E-state index in [9.17, 15) is 4.79 Å². The first kappa shape index (κ1) is 8.32. The average Bonchev–Trinajstić information content (AvgIpc) is 2.15. The van der Waals surface area contributed by atoms with Gasteiger partial charge >= 0.3 is 5.63 Å². The predicted molar refractivity (Wildman–Crippen MR) is 52.2 cm³/mol. The maximum atomic E-state index is 11.3. The summed E-state index contributed by atoms with van der Waals surface area (Å²) in [5, 5.41) is 1.59. The van der Waals surface area contributed by atoms with Gasteiger partial charge in [-0.1, -0.05) is 18.2 Å². The monoisotopic (exact) mass is 194 g/mol. The molecular weight excluding hydrogens is 188 g/mol. The molecular formula is C10H7ClO2. The lowest BCUT2D eigenvalue weighted by molar-refractivity contribution is 0.518. The van der Waals surface area contributed by atoms with E-state index in [4.69, 9.17) is 16.0 Å². The largest absolute Gasteiger partial charge is 0.410 e. The first-order valence-corrected chi connectivity index (χ1v) is 4.26. The van der Waals surface area contributed by atoms with Gasteiger partial charge in [0.25, 0.3) is 0 Å². The lowest BCUT2D eigenvalue weighted by Crippen LogP contribution is -2.00. The SMILES string of the molecule is Cc1c(Cl)oc(=O)c2ccccc12. The van der Waals surface area contributed by atoms with Crippen molar-refractivity contribution in [2.24, 2.45) is 0 Å². The summed E-state index contributed by atoms with van der Waals surface area (Å²) in [6.45, 7) is 1.83. The van der Waals surface area contributed by atoms with Crippen LogP contribution in [0.2, 0.25) is 5.22 Å². The molecule has 0 aliphatic heterocycles. The summed E-state index contributed by atoms with van der Waals surface area (Å²) in [7, 11) is 0. The summed E-state index contributed by atoms with van der Waals surface area (Å²) < 4.78 is 4.83. The van der Waals surface area contributed by atoms with E-state index in [2.05, 4.69) is 0 Å². The second-order valence-electron chi connectivity index (χ2n) is 2.83. The fourth-order valence-corrected chi connectivity index (χ4v) is 1.48. The predicted octanol–water partition coefficient (Wildman–Crippen LogP) is 2.75. The quantitative estimate of drug-likeness (QED) is 0.646. The molecule has 0 radical (unpaired) electrons. The Morgan fingerprint density at radius 3 is 2.54 bits per heavy atom. The van der Waals surface area contributed by atoms with Gasteiger partial charge in [0.05, 0.1) is 5.39 Å². The molecule has 1 aromatic carbocycles. The fourth-order valence-electron chi connectivity index (χ4n) is 1.31. The van der Waals surface area contributed by atoms with E-state index in [0.29, 0.717) is 5.39 Å². The molecule has 1 heterocycles. The van der Waals surface area contributed by atoms with Crippen LogP contribution in [0.25, 0.3) is 10.8 Å². The van der Waals surface area contributed by atoms with Crippen molar-refractivity contribution in [3.8, 4) is 0 Å². The van der Waals surface area contributed by atoms with E-state index in [1.807, 2.05) is 19.1 Å². The Labute approximate surface area is 79.7 Å². The highest BCUT2D eigenvalue weighted by Crippen LogP contribution is 2.21. The Hall–Kier alpha value is -1.28. The second kappa shape index (κ2) is 2.89. The zero-order chi connectivity index (χ0) is 9.42. The Balaban J connectivity index is 3.06. The molecule has 0 fully saturated rings. The van der Waals surface area contributed by atoms with Crippen molar-refractivity contribution in [1.82, 2.24) is 0 Å². The van der Waals surface area contributed by atoms with Crippen molar-refractivity contribution in [3.63, 3.8) is 0 Å². The third-order valence-electron chi connectivity index (χ3n) is 2.03. The summed E-state index contributed by atoms with van der Waals surface area (Å²) in [6.07, 6.45) is 0. The van der Waals surface area contributed by atoms with Gasteiger partial charge < -0.3 is 4.42 Å². The third kappa shape index (κ3) is 1.23. The minimum absolute atomic E-state index is 0.170. The topological polar surface area (TPSA) is 30.2 Å². The number of halogens is 1. The molecule has 3 heteroatoms. The Bertz CT molecular complexity index is 514. The smallest absolute Gasteiger partial charge is 0.345 e. The highest BCUT2D eigenvalue weighted by molar-refractivity contribution is 6.30. The highest BCUT2D eigenvalue weighted by atomic mass is 35.5. The van der Waals surface area contributed by atoms with Crippen LogP contribution in [0.15, 0.2) is 33.5 Å². The van der Waals surface area contributed by atoms with Gasteiger partial charge in [-0.25, -0.2) is 4.79 Å². The van der Waals surface area contributed by atoms with Crippen molar-refractivity contribution >= 4 is 22.4 Å². The van der Waals surface area contributed by atoms with Crippen LogP contribution in [-0.4, -0.2) is 0 Å². The fraction of sp³-hybridized carbons (Fsp3) is 0.100. The molecule has 0 spiro atoms. The summed E-state index contributed by atoms with van der Waals surface area (Å²) in [6, 6.07) is 7.25. The summed E-state index contributed by atoms with van der Waals surface area (Å²) in [5.74, 6) is 0. The van der Waals surface area contributed by atoms with Gasteiger partial charge in [0.2, 0.25) is 5.22 Å². The van der Waals surface area contributed by atoms with Crippen molar-refractivity contribution < 1.29 is 4.42 Å². The van der Waals surface area contributed by atoms with Crippen LogP contribution in [0.4, 0.5) is 0 Å². The molecule has 0 amide bonds. The van der Waals surface area contributed by atoms with E-state index in [1.165, 1.54) is 0 Å². The number of hydrogen-bond acceptors (Lipinski definition) is 2. The summed E-state index contributed by atoms with van der Waals surface area (Å²) >= 11 is 5.73. The molecule has 13 heavy (non-hydrogen) atoms. The van der Waals surface area contributed by atoms with Crippen molar-refractivity contribution in [2.45, 2.75) is 6.92 Å². The number of benzene rings is 1. The van der Waals surface area contributed by atoms with Crippen LogP contribution in [0.5, 0.6) is 0 Å². The standard InChI is InChI=1S/C10H7ClO2/c1-6-7-4-2-3-5-8(7)10(12)13-9(6)11/h2-5H,1H3. The lowest BCUT2D eigenvalue weighted by atomic mass is 10.1. The molecule has 2 nitrogen and oxygen atoms in total. The van der Waals surface area contributed by atoms with Crippen LogP contribution in [0.1, 0.15) is 5.56 Å². The molecule has 0 aliphatic rings. The third-order valence-corrected chi connectivity index (χ3v) is 2.39. The van der Waals surface area contributed by atoms with Gasteiger partial charge in [0.1, 0.15) is 0 Å². The molecule has 0 unspecified atom stereocenters. The van der Waals surface area contributed by atoms with Gasteiger partial charge in [-0.05, 0) is 30.0 Å². The molecule has 0 bridgehead atoms. The zero-order valence-electron chi connectivity index (χ0n) is 7.00. The Morgan fingerprint density at radius 1 is 1.23 bits per heavy atom. The van der Waals surface area contributed by atoms with Crippen LogP contribution < -0.4 is 5.63 Å². The molecule has 1 aromatic heterocycles. The van der Waals surface area contributed by atoms with E-state index in [0.717, 1.165) is 10.9 Å². The first-order valence-electron chi connectivity index (χ1n) is 3.88. The van der Waals surface area contributed by atoms with Crippen molar-refractivity contribution in [3.05, 3.63) is 45.5 Å². The van der Waals surface area contributed by atoms with Crippen LogP contribution >= 0.6 is 11.6 Å². The van der Waals surface area contributed by atoms with Gasteiger partial charge in [-0.3, -0.25) is 0 Å². The van der Waals surface area contributed by atoms with Crippen LogP contribution in [-0.2, 0) is 0 Å². The summed E-state index contributed by atoms with van der Waals surface area (Å²) in [5.41, 5.74) is 0.420. The van der Waals surface area contributed by atoms with Gasteiger partial charge in [0.15, 0.2) is 0 Å². The van der Waals surface area contributed by atoms with E-state index in [-0.39, 0.29) is 10.8 Å². The van der Waals surface area contributed by atoms with Crippen molar-refractivity contribution in [1.29, 1.82) is 0 Å². The van der Waals surface area contributed by atoms with Crippen LogP contribution in [0, 0.1) is 6.92 Å². The van der Waals surface area contributed by atoms with E-state index < -0.39 is 0 Å². The average molecular weight is 195 g/mol. The number of fused-ring (bicyclic) bond motifs is 1. The summed E-state index contributed by atoms with van der Waals surface area (Å²) in [4.78, 5) is 11.3. The lowest BCUT2D eigenvalue weighted by Gasteiger charge is -2.00. The molecule has 0 atom stereocenters. The van der Waals surface area contributed by atoms with Gasteiger partial charge in [0, 0.05) is 5.56 Å². The minimum Gasteiger partial charge on any atom is -0.410 e. The minimum atomic E-state index is -0.383. The molecule has 0 saturated heterocycles. The second-order valence-corrected chi connectivity index (χ2v) is 3.18. The molecule has 0 aliphatic carbocycles. The maximum Gasteiger partial charge on any atom is 0.345 e. The number of rotatable bonds is 0. The van der Waals surface area contributed by atoms with E-state index >= 15 is 0 Å². The van der Waals surface area contributed by atoms with E-state index in [1.54, 1.807) is 12.1 Å². The first-order chi connectivity index (χ1) is 6.20. The van der Waals surface area contributed by atoms with Crippen LogP contribution in [0.3, 0.4) is 0 Å². The number of hydrogen-bond donors (Lipinski definition) is 0. The normalized spacial score (nSPS) is 10.6. The Morgan fingerprint density at radius 2 is 1.85 bits per heavy atom. The van der Waals surface area contributed by atoms with Crippen molar-refractivity contribution in [2.75, 3.05) is 0 Å². The molecule has 0 saturated carbocycles.